The van der Waals surface area contributed by atoms with Crippen LogP contribution in [0.1, 0.15) is 50.3 Å². The minimum atomic E-state index is -4.94. The molecule has 0 aliphatic rings. The van der Waals surface area contributed by atoms with Crippen molar-refractivity contribution in [2.24, 2.45) is 0 Å². The number of alkyl halides is 6. The highest BCUT2D eigenvalue weighted by molar-refractivity contribution is 7.98. The third-order valence-electron chi connectivity index (χ3n) is 5.60. The summed E-state index contributed by atoms with van der Waals surface area (Å²) in [5, 5.41) is 5.59. The molecule has 0 saturated carbocycles. The van der Waals surface area contributed by atoms with Crippen molar-refractivity contribution >= 4 is 40.9 Å². The summed E-state index contributed by atoms with van der Waals surface area (Å²) in [7, 11) is 0. The van der Waals surface area contributed by atoms with Gasteiger partial charge in [0.25, 0.3) is 11.8 Å². The number of carbonyl (C=O) groups excluding carboxylic acids is 2. The van der Waals surface area contributed by atoms with Gasteiger partial charge in [0.1, 0.15) is 5.82 Å². The maximum Gasteiger partial charge on any atom is 0.433 e. The second-order valence-electron chi connectivity index (χ2n) is 9.18. The van der Waals surface area contributed by atoms with E-state index in [4.69, 9.17) is 11.6 Å². The number of nitrogens with one attached hydrogen (secondary N) is 2. The van der Waals surface area contributed by atoms with Gasteiger partial charge in [-0.15, -0.1) is 0 Å². The third kappa shape index (κ3) is 9.24. The third-order valence-corrected chi connectivity index (χ3v) is 6.75. The van der Waals surface area contributed by atoms with Crippen molar-refractivity contribution < 1.29 is 40.7 Å². The molecule has 15 heteroatoms. The van der Waals surface area contributed by atoms with E-state index in [9.17, 15) is 35.9 Å². The Morgan fingerprint density at radius 1 is 1.05 bits per heavy atom. The molecule has 3 rings (SSSR count). The Hall–Kier alpha value is -3.52. The van der Waals surface area contributed by atoms with Crippen LogP contribution in [0.15, 0.2) is 42.5 Å². The van der Waals surface area contributed by atoms with Gasteiger partial charge in [0.15, 0.2) is 12.3 Å². The Balaban J connectivity index is 1.82. The highest BCUT2D eigenvalue weighted by atomic mass is 35.5. The molecule has 42 heavy (non-hydrogen) atoms. The molecule has 0 unspecified atom stereocenters. The van der Waals surface area contributed by atoms with Gasteiger partial charge >= 0.3 is 12.4 Å². The highest BCUT2D eigenvalue weighted by Crippen LogP contribution is 2.31. The monoisotopic (exact) mass is 634 g/mol. The first-order valence-corrected chi connectivity index (χ1v) is 14.0. The van der Waals surface area contributed by atoms with E-state index in [0.717, 1.165) is 0 Å². The molecular weight excluding hydrogens is 610 g/mol. The molecule has 0 spiro atoms. The first-order chi connectivity index (χ1) is 19.6. The number of amides is 2. The molecule has 2 N–H and O–H groups in total. The molecule has 1 aromatic heterocycles. The summed E-state index contributed by atoms with van der Waals surface area (Å²) in [6, 6.07) is 9.10. The second-order valence-corrected chi connectivity index (χ2v) is 10.5. The Morgan fingerprint density at radius 3 is 2.38 bits per heavy atom. The molecule has 7 nitrogen and oxygen atoms in total. The average molecular weight is 635 g/mol. The lowest BCUT2D eigenvalue weighted by Crippen LogP contribution is -2.35. The number of benzene rings is 2. The molecule has 2 amide bonds. The summed E-state index contributed by atoms with van der Waals surface area (Å²) in [5.41, 5.74) is -0.160. The van der Waals surface area contributed by atoms with Crippen LogP contribution in [0.2, 0.25) is 5.02 Å². The van der Waals surface area contributed by atoms with Crippen LogP contribution in [-0.4, -0.2) is 52.6 Å². The summed E-state index contributed by atoms with van der Waals surface area (Å²) in [6.07, 6.45) is -8.10. The largest absolute Gasteiger partial charge is 0.468 e. The summed E-state index contributed by atoms with van der Waals surface area (Å²) < 4.78 is 81.9. The molecule has 1 atom stereocenters. The van der Waals surface area contributed by atoms with Crippen LogP contribution in [0.4, 0.5) is 32.0 Å². The van der Waals surface area contributed by atoms with E-state index in [0.29, 0.717) is 28.6 Å². The Bertz CT molecular complexity index is 1450. The molecule has 1 heterocycles. The van der Waals surface area contributed by atoms with Crippen molar-refractivity contribution in [1.29, 1.82) is 0 Å². The normalized spacial score (nSPS) is 12.5. The molecule has 2 aromatic carbocycles. The van der Waals surface area contributed by atoms with E-state index in [1.54, 1.807) is 13.0 Å². The van der Waals surface area contributed by atoms with Crippen molar-refractivity contribution in [2.45, 2.75) is 38.7 Å². The van der Waals surface area contributed by atoms with Crippen molar-refractivity contribution in [2.75, 3.05) is 23.9 Å². The number of carbonyl (C=O) groups is 2. The van der Waals surface area contributed by atoms with Gasteiger partial charge in [0.2, 0.25) is 5.88 Å². The summed E-state index contributed by atoms with van der Waals surface area (Å²) in [4.78, 5) is 33.2. The molecule has 0 aliphatic carbocycles. The molecule has 0 radical (unpaired) electrons. The first-order valence-electron chi connectivity index (χ1n) is 12.2. The van der Waals surface area contributed by atoms with Crippen LogP contribution in [0.5, 0.6) is 5.88 Å². The van der Waals surface area contributed by atoms with Gasteiger partial charge in [-0.25, -0.2) is 4.98 Å². The number of aryl methyl sites for hydroxylation is 1. The van der Waals surface area contributed by atoms with Gasteiger partial charge in [-0.1, -0.05) is 29.8 Å². The molecule has 0 saturated heterocycles. The number of hydrogen-bond acceptors (Lipinski definition) is 6. The predicted octanol–water partition coefficient (Wildman–Crippen LogP) is 6.72. The summed E-state index contributed by atoms with van der Waals surface area (Å²) in [5.74, 6) is -1.77. The average Bonchev–Trinajstić information content (AvgIpc) is 2.88. The van der Waals surface area contributed by atoms with E-state index < -0.39 is 48.2 Å². The Kier molecular flexibility index (Phi) is 10.7. The van der Waals surface area contributed by atoms with Crippen LogP contribution in [0, 0.1) is 6.92 Å². The minimum Gasteiger partial charge on any atom is -0.468 e. The fraction of sp³-hybridized carbons (Fsp3) is 0.333. The van der Waals surface area contributed by atoms with Crippen LogP contribution < -0.4 is 15.4 Å². The van der Waals surface area contributed by atoms with Gasteiger partial charge in [0, 0.05) is 30.0 Å². The zero-order chi connectivity index (χ0) is 31.2. The summed E-state index contributed by atoms with van der Waals surface area (Å²) >= 11 is 7.80. The van der Waals surface area contributed by atoms with Crippen molar-refractivity contribution in [1.82, 2.24) is 15.3 Å². The van der Waals surface area contributed by atoms with E-state index in [-0.39, 0.29) is 28.6 Å². The number of hydrogen-bond donors (Lipinski definition) is 2. The van der Waals surface area contributed by atoms with Crippen LogP contribution in [0.25, 0.3) is 0 Å². The van der Waals surface area contributed by atoms with Gasteiger partial charge in [0.05, 0.1) is 16.1 Å². The maximum absolute atomic E-state index is 13.3. The van der Waals surface area contributed by atoms with E-state index in [1.165, 1.54) is 42.1 Å². The van der Waals surface area contributed by atoms with Crippen molar-refractivity contribution in [3.63, 3.8) is 0 Å². The Labute approximate surface area is 246 Å². The number of halogens is 7. The lowest BCUT2D eigenvalue weighted by molar-refractivity contribution is -0.154. The Morgan fingerprint density at radius 2 is 1.76 bits per heavy atom. The molecule has 0 aliphatic heterocycles. The fourth-order valence-corrected chi connectivity index (χ4v) is 4.65. The quantitative estimate of drug-likeness (QED) is 0.241. The number of ether oxygens (including phenoxy) is 1. The van der Waals surface area contributed by atoms with Gasteiger partial charge in [-0.2, -0.15) is 43.1 Å². The van der Waals surface area contributed by atoms with Gasteiger partial charge < -0.3 is 15.4 Å². The van der Waals surface area contributed by atoms with Crippen molar-refractivity contribution in [3.8, 4) is 5.88 Å². The van der Waals surface area contributed by atoms with E-state index >= 15 is 0 Å². The highest BCUT2D eigenvalue weighted by Gasteiger charge is 2.35. The number of aromatic nitrogens is 2. The SMILES string of the molecule is CSC[C@@H](C)NC(=O)c1c(Cl)cccc1C(=O)Nc1ccc(Cc2nc(OCC(F)(F)F)cc(C(F)(F)F)n2)cc1C. The van der Waals surface area contributed by atoms with E-state index in [2.05, 4.69) is 25.3 Å². The van der Waals surface area contributed by atoms with Crippen LogP contribution in [0.3, 0.4) is 0 Å². The number of rotatable bonds is 10. The van der Waals surface area contributed by atoms with Crippen LogP contribution in [-0.2, 0) is 12.6 Å². The lowest BCUT2D eigenvalue weighted by atomic mass is 10.0. The smallest absolute Gasteiger partial charge is 0.433 e. The molecule has 3 aromatic rings. The molecule has 0 bridgehead atoms. The molecular formula is C27H25ClF6N4O3S. The first kappa shape index (κ1) is 33.0. The zero-order valence-electron chi connectivity index (χ0n) is 22.4. The number of nitrogens with zero attached hydrogens (tertiary/aromatic N) is 2. The minimum absolute atomic E-state index is 0.00383. The topological polar surface area (TPSA) is 93.2 Å². The van der Waals surface area contributed by atoms with Gasteiger partial charge in [-0.3, -0.25) is 9.59 Å². The molecule has 0 fully saturated rings. The number of thioether (sulfide) groups is 1. The standard InChI is InChI=1S/C27H25ClF6N4O3S/c1-14-9-16(10-21-37-20(27(32,33)34)11-22(38-21)41-13-26(29,30)31)7-8-19(14)36-24(39)17-5-4-6-18(28)23(17)25(40)35-15(2)12-42-3/h4-9,11,15H,10,12-13H2,1-3H3,(H,35,40)(H,36,39)/t15-/m1/s1. The maximum atomic E-state index is 13.3. The number of anilines is 1. The zero-order valence-corrected chi connectivity index (χ0v) is 24.0. The van der Waals surface area contributed by atoms with Gasteiger partial charge in [-0.05, 0) is 49.4 Å². The van der Waals surface area contributed by atoms with Crippen molar-refractivity contribution in [3.05, 3.63) is 81.3 Å². The van der Waals surface area contributed by atoms with E-state index in [1.807, 2.05) is 13.2 Å². The second kappa shape index (κ2) is 13.6. The lowest BCUT2D eigenvalue weighted by Gasteiger charge is -2.16. The van der Waals surface area contributed by atoms with Crippen LogP contribution >= 0.6 is 23.4 Å². The predicted molar refractivity (Wildman–Crippen MR) is 147 cm³/mol. The fourth-order valence-electron chi connectivity index (χ4n) is 3.81. The summed E-state index contributed by atoms with van der Waals surface area (Å²) in [6.45, 7) is 1.62. The molecule has 226 valence electrons.